The molecule has 2 aliphatic heterocycles. The molecule has 2 heterocycles. The van der Waals surface area contributed by atoms with Gasteiger partial charge in [-0.2, -0.15) is 0 Å². The predicted octanol–water partition coefficient (Wildman–Crippen LogP) is 3.54. The molecule has 1 N–H and O–H groups in total. The first-order chi connectivity index (χ1) is 12.6. The summed E-state index contributed by atoms with van der Waals surface area (Å²) in [6.07, 6.45) is 3.88. The van der Waals surface area contributed by atoms with Crippen molar-refractivity contribution in [2.45, 2.75) is 32.1 Å². The van der Waals surface area contributed by atoms with Crippen LogP contribution in [0.4, 0.5) is 5.69 Å². The summed E-state index contributed by atoms with van der Waals surface area (Å²) in [4.78, 5) is 26.6. The van der Waals surface area contributed by atoms with Crippen LogP contribution in [0.1, 0.15) is 39.9 Å². The zero-order valence-corrected chi connectivity index (χ0v) is 15.3. The molecule has 0 unspecified atom stereocenters. The molecule has 0 fully saturated rings. The Bertz CT molecular complexity index is 861. The fourth-order valence-electron chi connectivity index (χ4n) is 3.90. The van der Waals surface area contributed by atoms with Gasteiger partial charge in [-0.05, 0) is 66.6 Å². The fraction of sp³-hybridized carbons (Fsp3) is 0.333. The highest BCUT2D eigenvalue weighted by molar-refractivity contribution is 6.30. The van der Waals surface area contributed by atoms with Crippen LogP contribution in [0.3, 0.4) is 0 Å². The number of hydrogen-bond donors (Lipinski definition) is 1. The first-order valence-electron chi connectivity index (χ1n) is 9.10. The van der Waals surface area contributed by atoms with Gasteiger partial charge in [0.1, 0.15) is 0 Å². The maximum absolute atomic E-state index is 12.6. The average molecular weight is 369 g/mol. The second kappa shape index (κ2) is 7.12. The van der Waals surface area contributed by atoms with Gasteiger partial charge in [0.15, 0.2) is 0 Å². The third kappa shape index (κ3) is 3.34. The number of carbonyl (C=O) groups excluding carboxylic acids is 2. The van der Waals surface area contributed by atoms with E-state index in [1.54, 1.807) is 0 Å². The summed E-state index contributed by atoms with van der Waals surface area (Å²) in [5.41, 5.74) is 5.11. The van der Waals surface area contributed by atoms with Crippen molar-refractivity contribution in [3.8, 4) is 0 Å². The van der Waals surface area contributed by atoms with E-state index in [1.165, 1.54) is 0 Å². The molecule has 0 bridgehead atoms. The first kappa shape index (κ1) is 17.1. The average Bonchev–Trinajstić information content (AvgIpc) is 2.64. The number of anilines is 1. The molecule has 134 valence electrons. The van der Waals surface area contributed by atoms with Crippen molar-refractivity contribution in [1.29, 1.82) is 0 Å². The number of nitrogens with zero attached hydrogens (tertiary/aromatic N) is 1. The van der Waals surface area contributed by atoms with E-state index in [2.05, 4.69) is 5.32 Å². The molecule has 0 atom stereocenters. The van der Waals surface area contributed by atoms with Crippen LogP contribution in [0.25, 0.3) is 0 Å². The molecular weight excluding hydrogens is 348 g/mol. The van der Waals surface area contributed by atoms with Crippen LogP contribution in [0.2, 0.25) is 5.02 Å². The molecular formula is C21H21ClN2O2. The molecule has 2 aromatic carbocycles. The Morgan fingerprint density at radius 1 is 1.12 bits per heavy atom. The number of rotatable bonds is 4. The van der Waals surface area contributed by atoms with E-state index < -0.39 is 0 Å². The van der Waals surface area contributed by atoms with E-state index in [0.717, 1.165) is 54.6 Å². The topological polar surface area (TPSA) is 49.4 Å². The summed E-state index contributed by atoms with van der Waals surface area (Å²) in [6, 6.07) is 11.6. The fourth-order valence-corrected chi connectivity index (χ4v) is 4.11. The summed E-state index contributed by atoms with van der Waals surface area (Å²) >= 11 is 6.00. The lowest BCUT2D eigenvalue weighted by Gasteiger charge is -2.35. The molecule has 0 spiro atoms. The van der Waals surface area contributed by atoms with Gasteiger partial charge in [-0.3, -0.25) is 9.59 Å². The minimum Gasteiger partial charge on any atom is -0.352 e. The predicted molar refractivity (Wildman–Crippen MR) is 103 cm³/mol. The Morgan fingerprint density at radius 2 is 1.92 bits per heavy atom. The normalized spacial score (nSPS) is 15.6. The van der Waals surface area contributed by atoms with Crippen molar-refractivity contribution in [2.24, 2.45) is 0 Å². The number of aryl methyl sites for hydroxylation is 2. The highest BCUT2D eigenvalue weighted by Crippen LogP contribution is 2.36. The van der Waals surface area contributed by atoms with Crippen LogP contribution in [0, 0.1) is 0 Å². The zero-order chi connectivity index (χ0) is 18.1. The second-order valence-corrected chi connectivity index (χ2v) is 7.36. The third-order valence-corrected chi connectivity index (χ3v) is 5.36. The summed E-state index contributed by atoms with van der Waals surface area (Å²) in [5, 5.41) is 3.71. The first-order valence-corrected chi connectivity index (χ1v) is 9.48. The third-order valence-electron chi connectivity index (χ3n) is 5.13. The molecule has 2 aromatic rings. The number of benzene rings is 2. The monoisotopic (exact) mass is 368 g/mol. The minimum absolute atomic E-state index is 0.0555. The van der Waals surface area contributed by atoms with Crippen molar-refractivity contribution in [1.82, 2.24) is 5.32 Å². The van der Waals surface area contributed by atoms with Gasteiger partial charge in [-0.25, -0.2) is 0 Å². The molecule has 0 radical (unpaired) electrons. The lowest BCUT2D eigenvalue weighted by molar-refractivity contribution is -0.119. The smallest absolute Gasteiger partial charge is 0.251 e. The van der Waals surface area contributed by atoms with Crippen LogP contribution in [0.15, 0.2) is 36.4 Å². The standard InChI is InChI=1S/C21H21ClN2O2/c22-18-5-1-3-14(11-18)8-9-23-21(26)17-12-15-4-2-10-24-19(25)7-6-16(13-17)20(15)24/h1,3,5,11-13H,2,4,6-10H2,(H,23,26). The molecule has 0 aromatic heterocycles. The quantitative estimate of drug-likeness (QED) is 0.897. The lowest BCUT2D eigenvalue weighted by Crippen LogP contribution is -2.39. The van der Waals surface area contributed by atoms with E-state index in [1.807, 2.05) is 41.3 Å². The van der Waals surface area contributed by atoms with Crippen molar-refractivity contribution in [3.63, 3.8) is 0 Å². The number of halogens is 1. The van der Waals surface area contributed by atoms with E-state index in [0.29, 0.717) is 23.6 Å². The SMILES string of the molecule is O=C(NCCc1cccc(Cl)c1)c1cc2c3c(c1)CCC(=O)N3CCC2. The lowest BCUT2D eigenvalue weighted by atomic mass is 9.89. The maximum atomic E-state index is 12.6. The largest absolute Gasteiger partial charge is 0.352 e. The summed E-state index contributed by atoms with van der Waals surface area (Å²) in [6.45, 7) is 1.36. The molecule has 4 rings (SSSR count). The summed E-state index contributed by atoms with van der Waals surface area (Å²) < 4.78 is 0. The van der Waals surface area contributed by atoms with Crippen LogP contribution < -0.4 is 10.2 Å². The van der Waals surface area contributed by atoms with Crippen molar-refractivity contribution in [2.75, 3.05) is 18.0 Å². The molecule has 0 saturated heterocycles. The van der Waals surface area contributed by atoms with Gasteiger partial charge in [0.25, 0.3) is 5.91 Å². The van der Waals surface area contributed by atoms with Gasteiger partial charge in [0.05, 0.1) is 5.69 Å². The zero-order valence-electron chi connectivity index (χ0n) is 14.6. The van der Waals surface area contributed by atoms with Crippen molar-refractivity contribution in [3.05, 3.63) is 63.7 Å². The molecule has 0 saturated carbocycles. The second-order valence-electron chi connectivity index (χ2n) is 6.93. The Kier molecular flexibility index (Phi) is 4.68. The molecule has 4 nitrogen and oxygen atoms in total. The minimum atomic E-state index is -0.0555. The molecule has 0 aliphatic carbocycles. The van der Waals surface area contributed by atoms with Gasteiger partial charge in [-0.15, -0.1) is 0 Å². The van der Waals surface area contributed by atoms with Crippen LogP contribution in [-0.2, 0) is 24.1 Å². The maximum Gasteiger partial charge on any atom is 0.251 e. The summed E-state index contributed by atoms with van der Waals surface area (Å²) in [5.74, 6) is 0.150. The van der Waals surface area contributed by atoms with E-state index in [4.69, 9.17) is 11.6 Å². The van der Waals surface area contributed by atoms with E-state index in [-0.39, 0.29) is 11.8 Å². The molecule has 2 amide bonds. The van der Waals surface area contributed by atoms with Gasteiger partial charge < -0.3 is 10.2 Å². The Morgan fingerprint density at radius 3 is 2.73 bits per heavy atom. The van der Waals surface area contributed by atoms with Gasteiger partial charge >= 0.3 is 0 Å². The van der Waals surface area contributed by atoms with Crippen LogP contribution in [0.5, 0.6) is 0 Å². The van der Waals surface area contributed by atoms with Crippen molar-refractivity contribution < 1.29 is 9.59 Å². The number of nitrogens with one attached hydrogen (secondary N) is 1. The highest BCUT2D eigenvalue weighted by atomic mass is 35.5. The van der Waals surface area contributed by atoms with Crippen LogP contribution in [-0.4, -0.2) is 24.9 Å². The molecule has 26 heavy (non-hydrogen) atoms. The number of amides is 2. The van der Waals surface area contributed by atoms with Gasteiger partial charge in [-0.1, -0.05) is 23.7 Å². The van der Waals surface area contributed by atoms with Gasteiger partial charge in [0, 0.05) is 30.1 Å². The Labute approximate surface area is 158 Å². The molecule has 2 aliphatic rings. The Balaban J connectivity index is 1.48. The number of carbonyl (C=O) groups is 2. The van der Waals surface area contributed by atoms with Crippen LogP contribution >= 0.6 is 11.6 Å². The van der Waals surface area contributed by atoms with E-state index in [9.17, 15) is 9.59 Å². The van der Waals surface area contributed by atoms with Crippen molar-refractivity contribution >= 4 is 29.1 Å². The highest BCUT2D eigenvalue weighted by Gasteiger charge is 2.30. The van der Waals surface area contributed by atoms with E-state index >= 15 is 0 Å². The molecule has 5 heteroatoms. The summed E-state index contributed by atoms with van der Waals surface area (Å²) in [7, 11) is 0. The number of hydrogen-bond acceptors (Lipinski definition) is 2. The van der Waals surface area contributed by atoms with Gasteiger partial charge in [0.2, 0.25) is 5.91 Å². The Hall–Kier alpha value is -2.33.